The van der Waals surface area contributed by atoms with Crippen LogP contribution < -0.4 is 5.73 Å². The Bertz CT molecular complexity index is 894. The fraction of sp³-hybridized carbons (Fsp3) is 0.294. The first kappa shape index (κ1) is 15.9. The van der Waals surface area contributed by atoms with Crippen molar-refractivity contribution in [1.82, 2.24) is 19.7 Å². The van der Waals surface area contributed by atoms with Gasteiger partial charge in [0.25, 0.3) is 0 Å². The minimum atomic E-state index is -0.949. The first-order valence-electron chi connectivity index (χ1n) is 7.56. The van der Waals surface area contributed by atoms with E-state index in [4.69, 9.17) is 10.2 Å². The van der Waals surface area contributed by atoms with Crippen LogP contribution in [0.15, 0.2) is 34.9 Å². The fourth-order valence-electron chi connectivity index (χ4n) is 2.37. The van der Waals surface area contributed by atoms with Gasteiger partial charge in [-0.2, -0.15) is 5.10 Å². The van der Waals surface area contributed by atoms with Crippen LogP contribution in [0.25, 0.3) is 17.4 Å². The average Bonchev–Trinajstić information content (AvgIpc) is 3.16. The van der Waals surface area contributed by atoms with Crippen LogP contribution in [0.2, 0.25) is 0 Å². The number of aromatic nitrogens is 4. The van der Waals surface area contributed by atoms with Crippen molar-refractivity contribution in [3.63, 3.8) is 0 Å². The number of carbonyl (C=O) groups excluding carboxylic acids is 1. The third kappa shape index (κ3) is 2.68. The van der Waals surface area contributed by atoms with Gasteiger partial charge in [-0.1, -0.05) is 0 Å². The molecule has 0 radical (unpaired) electrons. The number of amides is 1. The van der Waals surface area contributed by atoms with E-state index in [2.05, 4.69) is 15.1 Å². The SMILES string of the molecule is Cc1cc(C)n(-c2cc(C(C)(C)C(N)=O)nc(-c3ccco3)n2)n1. The van der Waals surface area contributed by atoms with Crippen LogP contribution in [0.1, 0.15) is 30.9 Å². The highest BCUT2D eigenvalue weighted by Gasteiger charge is 2.31. The zero-order chi connectivity index (χ0) is 17.5. The molecule has 0 atom stereocenters. The molecule has 0 aliphatic carbocycles. The predicted octanol–water partition coefficient (Wildman–Crippen LogP) is 2.30. The quantitative estimate of drug-likeness (QED) is 0.793. The molecule has 3 aromatic rings. The number of hydrogen-bond acceptors (Lipinski definition) is 5. The first-order valence-corrected chi connectivity index (χ1v) is 7.56. The second kappa shape index (κ2) is 5.59. The number of rotatable bonds is 4. The van der Waals surface area contributed by atoms with Crippen molar-refractivity contribution in [1.29, 1.82) is 0 Å². The van der Waals surface area contributed by atoms with Crippen molar-refractivity contribution in [2.75, 3.05) is 0 Å². The Balaban J connectivity index is 2.24. The molecule has 0 aromatic carbocycles. The number of hydrogen-bond donors (Lipinski definition) is 1. The monoisotopic (exact) mass is 325 g/mol. The van der Waals surface area contributed by atoms with E-state index in [0.717, 1.165) is 11.4 Å². The Hall–Kier alpha value is -2.96. The molecular formula is C17H19N5O2. The van der Waals surface area contributed by atoms with Gasteiger partial charge in [-0.3, -0.25) is 4.79 Å². The van der Waals surface area contributed by atoms with Gasteiger partial charge < -0.3 is 10.2 Å². The van der Waals surface area contributed by atoms with Crippen molar-refractivity contribution in [2.24, 2.45) is 5.73 Å². The molecule has 24 heavy (non-hydrogen) atoms. The van der Waals surface area contributed by atoms with Gasteiger partial charge in [0.2, 0.25) is 5.91 Å². The van der Waals surface area contributed by atoms with E-state index < -0.39 is 11.3 Å². The molecule has 7 nitrogen and oxygen atoms in total. The van der Waals surface area contributed by atoms with E-state index in [-0.39, 0.29) is 0 Å². The van der Waals surface area contributed by atoms with Gasteiger partial charge in [-0.05, 0) is 45.9 Å². The number of carbonyl (C=O) groups is 1. The average molecular weight is 325 g/mol. The highest BCUT2D eigenvalue weighted by atomic mass is 16.3. The van der Waals surface area contributed by atoms with E-state index in [1.54, 1.807) is 43.0 Å². The Morgan fingerprint density at radius 2 is 2.00 bits per heavy atom. The van der Waals surface area contributed by atoms with Crippen LogP contribution in [0.3, 0.4) is 0 Å². The molecule has 7 heteroatoms. The third-order valence-corrected chi connectivity index (χ3v) is 3.94. The molecule has 3 rings (SSSR count). The first-order chi connectivity index (χ1) is 11.3. The van der Waals surface area contributed by atoms with Crippen LogP contribution in [0, 0.1) is 13.8 Å². The van der Waals surface area contributed by atoms with Crippen molar-refractivity contribution in [2.45, 2.75) is 33.1 Å². The maximum Gasteiger partial charge on any atom is 0.229 e. The van der Waals surface area contributed by atoms with Crippen LogP contribution in [0.4, 0.5) is 0 Å². The summed E-state index contributed by atoms with van der Waals surface area (Å²) in [5.74, 6) is 0.992. The number of furan rings is 1. The summed E-state index contributed by atoms with van der Waals surface area (Å²) in [6.07, 6.45) is 1.55. The summed E-state index contributed by atoms with van der Waals surface area (Å²) in [5, 5.41) is 4.45. The number of nitrogens with zero attached hydrogens (tertiary/aromatic N) is 4. The lowest BCUT2D eigenvalue weighted by atomic mass is 9.88. The van der Waals surface area contributed by atoms with Crippen molar-refractivity contribution >= 4 is 5.91 Å². The molecule has 0 unspecified atom stereocenters. The highest BCUT2D eigenvalue weighted by molar-refractivity contribution is 5.85. The summed E-state index contributed by atoms with van der Waals surface area (Å²) in [6.45, 7) is 7.31. The van der Waals surface area contributed by atoms with Gasteiger partial charge >= 0.3 is 0 Å². The standard InChI is InChI=1S/C17H19N5O2/c1-10-8-11(2)22(21-10)14-9-13(17(3,4)16(18)23)19-15(20-14)12-6-5-7-24-12/h5-9H,1-4H3,(H2,18,23). The van der Waals surface area contributed by atoms with E-state index in [0.29, 0.717) is 23.1 Å². The molecule has 3 heterocycles. The molecule has 3 aromatic heterocycles. The topological polar surface area (TPSA) is 99.8 Å². The van der Waals surface area contributed by atoms with Gasteiger partial charge in [0.15, 0.2) is 17.4 Å². The molecule has 0 aliphatic rings. The molecular weight excluding hydrogens is 306 g/mol. The van der Waals surface area contributed by atoms with Crippen LogP contribution >= 0.6 is 0 Å². The Kier molecular flexibility index (Phi) is 3.71. The van der Waals surface area contributed by atoms with Crippen molar-refractivity contribution < 1.29 is 9.21 Å². The van der Waals surface area contributed by atoms with Gasteiger partial charge in [-0.25, -0.2) is 14.6 Å². The zero-order valence-electron chi connectivity index (χ0n) is 14.1. The predicted molar refractivity (Wildman–Crippen MR) is 88.6 cm³/mol. The largest absolute Gasteiger partial charge is 0.461 e. The van der Waals surface area contributed by atoms with E-state index in [1.165, 1.54) is 0 Å². The Labute approximate surface area is 139 Å². The maximum absolute atomic E-state index is 11.9. The summed E-state index contributed by atoms with van der Waals surface area (Å²) >= 11 is 0. The lowest BCUT2D eigenvalue weighted by molar-refractivity contribution is -0.122. The molecule has 0 bridgehead atoms. The summed E-state index contributed by atoms with van der Waals surface area (Å²) in [6, 6.07) is 7.21. The summed E-state index contributed by atoms with van der Waals surface area (Å²) < 4.78 is 7.12. The van der Waals surface area contributed by atoms with Gasteiger partial charge in [0.05, 0.1) is 23.1 Å². The third-order valence-electron chi connectivity index (χ3n) is 3.94. The molecule has 0 saturated heterocycles. The van der Waals surface area contributed by atoms with Crippen molar-refractivity contribution in [3.05, 3.63) is 47.6 Å². The zero-order valence-corrected chi connectivity index (χ0v) is 14.1. The number of primary amides is 1. The van der Waals surface area contributed by atoms with Crippen LogP contribution in [-0.4, -0.2) is 25.7 Å². The molecule has 2 N–H and O–H groups in total. The van der Waals surface area contributed by atoms with Crippen LogP contribution in [0.5, 0.6) is 0 Å². The van der Waals surface area contributed by atoms with Gasteiger partial charge in [0, 0.05) is 11.8 Å². The van der Waals surface area contributed by atoms with E-state index >= 15 is 0 Å². The summed E-state index contributed by atoms with van der Waals surface area (Å²) in [5.41, 5.74) is 6.92. The highest BCUT2D eigenvalue weighted by Crippen LogP contribution is 2.26. The molecule has 0 fully saturated rings. The van der Waals surface area contributed by atoms with E-state index in [1.807, 2.05) is 19.9 Å². The molecule has 1 amide bonds. The number of nitrogens with two attached hydrogens (primary N) is 1. The van der Waals surface area contributed by atoms with Gasteiger partial charge in [-0.15, -0.1) is 0 Å². The number of aryl methyl sites for hydroxylation is 2. The minimum absolute atomic E-state index is 0.384. The van der Waals surface area contributed by atoms with Gasteiger partial charge in [0.1, 0.15) is 0 Å². The fourth-order valence-corrected chi connectivity index (χ4v) is 2.37. The molecule has 0 spiro atoms. The smallest absolute Gasteiger partial charge is 0.229 e. The second-order valence-electron chi connectivity index (χ2n) is 6.24. The lowest BCUT2D eigenvalue weighted by Crippen LogP contribution is -2.36. The molecule has 124 valence electrons. The minimum Gasteiger partial charge on any atom is -0.461 e. The second-order valence-corrected chi connectivity index (χ2v) is 6.24. The Morgan fingerprint density at radius 3 is 2.54 bits per heavy atom. The molecule has 0 aliphatic heterocycles. The Morgan fingerprint density at radius 1 is 1.25 bits per heavy atom. The summed E-state index contributed by atoms with van der Waals surface area (Å²) in [7, 11) is 0. The van der Waals surface area contributed by atoms with E-state index in [9.17, 15) is 4.79 Å². The summed E-state index contributed by atoms with van der Waals surface area (Å²) in [4.78, 5) is 20.9. The normalized spacial score (nSPS) is 11.7. The lowest BCUT2D eigenvalue weighted by Gasteiger charge is -2.21. The van der Waals surface area contributed by atoms with Crippen molar-refractivity contribution in [3.8, 4) is 17.4 Å². The van der Waals surface area contributed by atoms with Crippen LogP contribution in [-0.2, 0) is 10.2 Å². The molecule has 0 saturated carbocycles. The maximum atomic E-state index is 11.9.